The molecule has 1 aliphatic carbocycles. The molecule has 0 bridgehead atoms. The first-order valence-electron chi connectivity index (χ1n) is 11.0. The smallest absolute Gasteiger partial charge is 0.412 e. The van der Waals surface area contributed by atoms with Gasteiger partial charge in [0, 0.05) is 25.7 Å². The summed E-state index contributed by atoms with van der Waals surface area (Å²) in [6, 6.07) is 16.0. The van der Waals surface area contributed by atoms with Crippen LogP contribution in [0.5, 0.6) is 0 Å². The van der Waals surface area contributed by atoms with Crippen LogP contribution in [0.2, 0.25) is 0 Å². The van der Waals surface area contributed by atoms with Gasteiger partial charge in [0.05, 0.1) is 12.0 Å². The van der Waals surface area contributed by atoms with E-state index in [4.69, 9.17) is 9.84 Å². The molecule has 0 spiro atoms. The number of carboxylic acid groups (broad SMARTS) is 1. The molecule has 1 heterocycles. The molecule has 4 rings (SSSR count). The molecule has 2 aromatic carbocycles. The number of ether oxygens (including phenoxy) is 1. The van der Waals surface area contributed by atoms with E-state index in [1.807, 2.05) is 48.5 Å². The second-order valence-corrected chi connectivity index (χ2v) is 8.77. The highest BCUT2D eigenvalue weighted by Gasteiger charge is 2.30. The van der Waals surface area contributed by atoms with Gasteiger partial charge in [0.2, 0.25) is 0 Å². The Morgan fingerprint density at radius 2 is 1.69 bits per heavy atom. The maximum absolute atomic E-state index is 12.6. The van der Waals surface area contributed by atoms with E-state index in [1.165, 1.54) is 17.8 Å². The highest BCUT2D eigenvalue weighted by Crippen LogP contribution is 2.44. The second-order valence-electron chi connectivity index (χ2n) is 8.77. The molecular weight excluding hydrogens is 452 g/mol. The number of rotatable bonds is 8. The summed E-state index contributed by atoms with van der Waals surface area (Å²) in [4.78, 5) is 36.1. The van der Waals surface area contributed by atoms with Crippen molar-refractivity contribution in [1.82, 2.24) is 15.1 Å². The molecule has 1 aliphatic rings. The maximum Gasteiger partial charge on any atom is 0.412 e. The normalized spacial score (nSPS) is 13.9. The number of aliphatic carboxylic acids is 1. The predicted octanol–water partition coefficient (Wildman–Crippen LogP) is 2.74. The first-order valence-corrected chi connectivity index (χ1v) is 11.0. The molecule has 1 atom stereocenters. The van der Waals surface area contributed by atoms with Gasteiger partial charge in [-0.15, -0.1) is 0 Å². The van der Waals surface area contributed by atoms with Crippen molar-refractivity contribution in [1.29, 1.82) is 0 Å². The highest BCUT2D eigenvalue weighted by atomic mass is 16.5. The monoisotopic (exact) mass is 478 g/mol. The van der Waals surface area contributed by atoms with Crippen molar-refractivity contribution < 1.29 is 29.3 Å². The quantitative estimate of drug-likeness (QED) is 0.390. The van der Waals surface area contributed by atoms with Crippen molar-refractivity contribution >= 4 is 23.8 Å². The fourth-order valence-electron chi connectivity index (χ4n) is 4.23. The summed E-state index contributed by atoms with van der Waals surface area (Å²) in [5.74, 6) is -1.95. The molecule has 0 saturated carbocycles. The van der Waals surface area contributed by atoms with Crippen LogP contribution in [-0.2, 0) is 16.6 Å². The van der Waals surface area contributed by atoms with E-state index in [0.717, 1.165) is 22.3 Å². The van der Waals surface area contributed by atoms with E-state index in [2.05, 4.69) is 15.7 Å². The third-order valence-electron chi connectivity index (χ3n) is 5.80. The SMILES string of the molecule is Cn1cc(C(=O)NCC(C)(O)CC(=O)O)c(NC(=O)OCC2c3ccccc3-c3ccccc32)n1. The number of amides is 2. The van der Waals surface area contributed by atoms with Crippen LogP contribution in [-0.4, -0.2) is 56.7 Å². The van der Waals surface area contributed by atoms with Gasteiger partial charge in [-0.3, -0.25) is 19.6 Å². The lowest BCUT2D eigenvalue weighted by atomic mass is 9.98. The zero-order valence-electron chi connectivity index (χ0n) is 19.3. The topological polar surface area (TPSA) is 143 Å². The van der Waals surface area contributed by atoms with E-state index >= 15 is 0 Å². The molecule has 182 valence electrons. The van der Waals surface area contributed by atoms with Crippen molar-refractivity contribution in [2.45, 2.75) is 24.9 Å². The third-order valence-corrected chi connectivity index (χ3v) is 5.80. The molecule has 10 heteroatoms. The Morgan fingerprint density at radius 3 is 2.29 bits per heavy atom. The van der Waals surface area contributed by atoms with Crippen LogP contribution in [0.4, 0.5) is 10.6 Å². The van der Waals surface area contributed by atoms with Crippen molar-refractivity contribution in [3.63, 3.8) is 0 Å². The number of aryl methyl sites for hydroxylation is 1. The highest BCUT2D eigenvalue weighted by molar-refractivity contribution is 6.01. The van der Waals surface area contributed by atoms with E-state index in [0.29, 0.717) is 0 Å². The number of carbonyl (C=O) groups excluding carboxylic acids is 2. The van der Waals surface area contributed by atoms with Gasteiger partial charge in [0.25, 0.3) is 5.91 Å². The van der Waals surface area contributed by atoms with Crippen LogP contribution < -0.4 is 10.6 Å². The van der Waals surface area contributed by atoms with E-state index in [1.54, 1.807) is 7.05 Å². The van der Waals surface area contributed by atoms with Gasteiger partial charge in [-0.25, -0.2) is 4.79 Å². The van der Waals surface area contributed by atoms with Crippen LogP contribution in [0, 0.1) is 0 Å². The van der Waals surface area contributed by atoms with Crippen molar-refractivity contribution in [2.24, 2.45) is 7.05 Å². The number of fused-ring (bicyclic) bond motifs is 3. The van der Waals surface area contributed by atoms with Gasteiger partial charge in [-0.1, -0.05) is 48.5 Å². The summed E-state index contributed by atoms with van der Waals surface area (Å²) in [6.45, 7) is 1.12. The Morgan fingerprint density at radius 1 is 1.09 bits per heavy atom. The van der Waals surface area contributed by atoms with Crippen LogP contribution in [0.1, 0.15) is 40.7 Å². The number of aromatic nitrogens is 2. The summed E-state index contributed by atoms with van der Waals surface area (Å²) >= 11 is 0. The molecule has 2 amide bonds. The minimum Gasteiger partial charge on any atom is -0.481 e. The molecule has 0 fully saturated rings. The van der Waals surface area contributed by atoms with Crippen LogP contribution >= 0.6 is 0 Å². The van der Waals surface area contributed by atoms with Gasteiger partial charge in [-0.05, 0) is 29.2 Å². The van der Waals surface area contributed by atoms with Crippen LogP contribution in [0.25, 0.3) is 11.1 Å². The fourth-order valence-corrected chi connectivity index (χ4v) is 4.23. The molecule has 0 saturated heterocycles. The number of aliphatic hydroxyl groups is 1. The zero-order chi connectivity index (χ0) is 25.2. The van der Waals surface area contributed by atoms with Crippen molar-refractivity contribution in [2.75, 3.05) is 18.5 Å². The van der Waals surface area contributed by atoms with Gasteiger partial charge >= 0.3 is 12.1 Å². The van der Waals surface area contributed by atoms with Crippen LogP contribution in [0.3, 0.4) is 0 Å². The van der Waals surface area contributed by atoms with E-state index < -0.39 is 30.0 Å². The molecule has 35 heavy (non-hydrogen) atoms. The molecule has 1 aromatic heterocycles. The summed E-state index contributed by atoms with van der Waals surface area (Å²) in [7, 11) is 1.58. The summed E-state index contributed by atoms with van der Waals surface area (Å²) in [6.07, 6.45) is 0.100. The average Bonchev–Trinajstić information content (AvgIpc) is 3.32. The minimum absolute atomic E-state index is 0.0138. The average molecular weight is 479 g/mol. The second kappa shape index (κ2) is 9.59. The Hall–Kier alpha value is -4.18. The number of anilines is 1. The van der Waals surface area contributed by atoms with Crippen molar-refractivity contribution in [3.05, 3.63) is 71.4 Å². The Labute approximate surface area is 201 Å². The fraction of sp³-hybridized carbons (Fsp3) is 0.280. The molecular formula is C25H26N4O6. The number of hydrogen-bond donors (Lipinski definition) is 4. The summed E-state index contributed by atoms with van der Waals surface area (Å²) in [5, 5.41) is 28.1. The summed E-state index contributed by atoms with van der Waals surface area (Å²) < 4.78 is 6.86. The van der Waals surface area contributed by atoms with E-state index in [9.17, 15) is 19.5 Å². The van der Waals surface area contributed by atoms with Gasteiger partial charge < -0.3 is 20.3 Å². The van der Waals surface area contributed by atoms with Gasteiger partial charge in [0.15, 0.2) is 5.82 Å². The number of carboxylic acids is 1. The standard InChI is InChI=1S/C25H26N4O6/c1-25(34,11-21(30)31)14-26-23(32)19-12-29(2)28-22(19)27-24(33)35-13-20-17-9-5-3-7-15(17)16-8-4-6-10-18(16)20/h3-10,12,20,34H,11,13-14H2,1-2H3,(H,26,32)(H,30,31)(H,27,28,33). The lowest BCUT2D eigenvalue weighted by Crippen LogP contribution is -2.42. The summed E-state index contributed by atoms with van der Waals surface area (Å²) in [5.41, 5.74) is 2.79. The van der Waals surface area contributed by atoms with Crippen LogP contribution in [0.15, 0.2) is 54.7 Å². The predicted molar refractivity (Wildman–Crippen MR) is 127 cm³/mol. The number of nitrogens with zero attached hydrogens (tertiary/aromatic N) is 2. The van der Waals surface area contributed by atoms with Gasteiger partial charge in [0.1, 0.15) is 12.2 Å². The lowest BCUT2D eigenvalue weighted by Gasteiger charge is -2.21. The lowest BCUT2D eigenvalue weighted by molar-refractivity contribution is -0.141. The van der Waals surface area contributed by atoms with E-state index in [-0.39, 0.29) is 30.5 Å². The molecule has 10 nitrogen and oxygen atoms in total. The number of benzene rings is 2. The minimum atomic E-state index is -1.63. The number of carbonyl (C=O) groups is 3. The largest absolute Gasteiger partial charge is 0.481 e. The first-order chi connectivity index (χ1) is 16.6. The molecule has 3 aromatic rings. The maximum atomic E-state index is 12.6. The zero-order valence-corrected chi connectivity index (χ0v) is 19.3. The Balaban J connectivity index is 1.41. The Bertz CT molecular complexity index is 1240. The molecule has 0 radical (unpaired) electrons. The molecule has 4 N–H and O–H groups in total. The number of nitrogens with one attached hydrogen (secondary N) is 2. The molecule has 1 unspecified atom stereocenters. The molecule has 0 aliphatic heterocycles. The third kappa shape index (κ3) is 5.33. The van der Waals surface area contributed by atoms with Gasteiger partial charge in [-0.2, -0.15) is 5.10 Å². The Kier molecular flexibility index (Phi) is 6.57. The first kappa shape index (κ1) is 24.0. The number of hydrogen-bond acceptors (Lipinski definition) is 6. The van der Waals surface area contributed by atoms with Crippen molar-refractivity contribution in [3.8, 4) is 11.1 Å².